The molecule has 1 saturated heterocycles. The maximum absolute atomic E-state index is 13.4. The Bertz CT molecular complexity index is 1070. The van der Waals surface area contributed by atoms with Crippen molar-refractivity contribution in [3.63, 3.8) is 0 Å². The maximum Gasteiger partial charge on any atom is 0.315 e. The van der Waals surface area contributed by atoms with Gasteiger partial charge in [0.1, 0.15) is 17.4 Å². The number of piperidine rings is 1. The molecule has 2 N–H and O–H groups in total. The van der Waals surface area contributed by atoms with Crippen LogP contribution in [0, 0.1) is 11.7 Å². The second kappa shape index (κ2) is 10.8. The van der Waals surface area contributed by atoms with Crippen molar-refractivity contribution in [2.45, 2.75) is 32.9 Å². The lowest BCUT2D eigenvalue weighted by atomic mass is 9.99. The number of benzene rings is 1. The van der Waals surface area contributed by atoms with Crippen molar-refractivity contribution in [1.82, 2.24) is 20.6 Å². The Balaban J connectivity index is 1.26. The van der Waals surface area contributed by atoms with Crippen LogP contribution >= 0.6 is 0 Å². The number of hydrogen-bond acceptors (Lipinski definition) is 5. The van der Waals surface area contributed by atoms with Crippen LogP contribution in [0.4, 0.5) is 15.0 Å². The van der Waals surface area contributed by atoms with Crippen molar-refractivity contribution in [2.75, 3.05) is 18.0 Å². The SMILES string of the molecule is CC1CCN(c2ccc(CNC(=O)NCc3cccnc3Oc3cccc(F)c3)cn2)CC1. The van der Waals surface area contributed by atoms with Crippen molar-refractivity contribution in [2.24, 2.45) is 5.92 Å². The van der Waals surface area contributed by atoms with Gasteiger partial charge in [-0.25, -0.2) is 19.2 Å². The highest BCUT2D eigenvalue weighted by molar-refractivity contribution is 5.73. The normalized spacial score (nSPS) is 14.1. The van der Waals surface area contributed by atoms with Crippen LogP contribution in [-0.4, -0.2) is 29.1 Å². The topological polar surface area (TPSA) is 79.4 Å². The van der Waals surface area contributed by atoms with E-state index in [4.69, 9.17) is 4.74 Å². The number of amides is 2. The number of anilines is 1. The molecule has 2 amide bonds. The van der Waals surface area contributed by atoms with E-state index in [1.54, 1.807) is 36.7 Å². The molecular formula is C25H28FN5O2. The Kier molecular flexibility index (Phi) is 7.34. The van der Waals surface area contributed by atoms with Gasteiger partial charge in [0.15, 0.2) is 0 Å². The highest BCUT2D eigenvalue weighted by Crippen LogP contribution is 2.23. The lowest BCUT2D eigenvalue weighted by Crippen LogP contribution is -2.35. The summed E-state index contributed by atoms with van der Waals surface area (Å²) in [6.45, 7) is 4.95. The van der Waals surface area contributed by atoms with E-state index in [9.17, 15) is 9.18 Å². The summed E-state index contributed by atoms with van der Waals surface area (Å²) in [6, 6.07) is 13.1. The summed E-state index contributed by atoms with van der Waals surface area (Å²) in [5, 5.41) is 5.64. The van der Waals surface area contributed by atoms with E-state index >= 15 is 0 Å². The molecule has 3 heterocycles. The predicted molar refractivity (Wildman–Crippen MR) is 125 cm³/mol. The zero-order valence-corrected chi connectivity index (χ0v) is 18.6. The first kappa shape index (κ1) is 22.5. The molecular weight excluding hydrogens is 421 g/mol. The van der Waals surface area contributed by atoms with Crippen molar-refractivity contribution in [1.29, 1.82) is 0 Å². The van der Waals surface area contributed by atoms with Crippen LogP contribution in [-0.2, 0) is 13.1 Å². The number of urea groups is 1. The second-order valence-electron chi connectivity index (χ2n) is 8.26. The third-order valence-corrected chi connectivity index (χ3v) is 5.67. The van der Waals surface area contributed by atoms with Gasteiger partial charge in [0.25, 0.3) is 0 Å². The fourth-order valence-electron chi connectivity index (χ4n) is 3.66. The van der Waals surface area contributed by atoms with Gasteiger partial charge in [-0.3, -0.25) is 0 Å². The lowest BCUT2D eigenvalue weighted by molar-refractivity contribution is 0.240. The van der Waals surface area contributed by atoms with E-state index < -0.39 is 5.82 Å². The molecule has 1 aromatic carbocycles. The maximum atomic E-state index is 13.4. The third-order valence-electron chi connectivity index (χ3n) is 5.67. The number of halogens is 1. The molecule has 1 aliphatic heterocycles. The number of carbonyl (C=O) groups is 1. The van der Waals surface area contributed by atoms with Gasteiger partial charge in [0, 0.05) is 50.2 Å². The Morgan fingerprint density at radius 3 is 2.67 bits per heavy atom. The minimum atomic E-state index is -0.393. The van der Waals surface area contributed by atoms with Crippen molar-refractivity contribution < 1.29 is 13.9 Å². The molecule has 0 spiro atoms. The highest BCUT2D eigenvalue weighted by Gasteiger charge is 2.16. The summed E-state index contributed by atoms with van der Waals surface area (Å²) in [5.74, 6) is 2.02. The van der Waals surface area contributed by atoms with Gasteiger partial charge in [-0.1, -0.05) is 25.1 Å². The molecule has 33 heavy (non-hydrogen) atoms. The van der Waals surface area contributed by atoms with Crippen LogP contribution in [0.15, 0.2) is 60.9 Å². The van der Waals surface area contributed by atoms with Crippen LogP contribution < -0.4 is 20.3 Å². The van der Waals surface area contributed by atoms with Crippen molar-refractivity contribution in [3.05, 3.63) is 77.9 Å². The number of rotatable bonds is 7. The molecule has 0 atom stereocenters. The molecule has 0 radical (unpaired) electrons. The van der Waals surface area contributed by atoms with E-state index in [2.05, 4.69) is 32.4 Å². The van der Waals surface area contributed by atoms with E-state index in [1.807, 2.05) is 12.1 Å². The van der Waals surface area contributed by atoms with Crippen LogP contribution in [0.1, 0.15) is 30.9 Å². The van der Waals surface area contributed by atoms with E-state index in [0.29, 0.717) is 23.7 Å². The zero-order chi connectivity index (χ0) is 23.0. The molecule has 2 aromatic heterocycles. The molecule has 0 bridgehead atoms. The van der Waals surface area contributed by atoms with E-state index in [1.165, 1.54) is 25.0 Å². The van der Waals surface area contributed by atoms with Crippen LogP contribution in [0.3, 0.4) is 0 Å². The Morgan fingerprint density at radius 1 is 1.09 bits per heavy atom. The Labute approximate surface area is 193 Å². The molecule has 3 aromatic rings. The first-order valence-electron chi connectivity index (χ1n) is 11.2. The zero-order valence-electron chi connectivity index (χ0n) is 18.6. The summed E-state index contributed by atoms with van der Waals surface area (Å²) < 4.78 is 19.1. The second-order valence-corrected chi connectivity index (χ2v) is 8.26. The standard InChI is InChI=1S/C25H28FN5O2/c1-18-9-12-31(13-10-18)23-8-7-19(15-28-23)16-29-25(32)30-17-20-4-3-11-27-24(20)33-22-6-2-5-21(26)14-22/h2-8,11,14-15,18H,9-10,12-13,16-17H2,1H3,(H2,29,30,32). The number of pyridine rings is 2. The summed E-state index contributed by atoms with van der Waals surface area (Å²) in [5.41, 5.74) is 1.61. The third kappa shape index (κ3) is 6.41. The summed E-state index contributed by atoms with van der Waals surface area (Å²) in [6.07, 6.45) is 5.77. The number of aromatic nitrogens is 2. The molecule has 7 nitrogen and oxygen atoms in total. The summed E-state index contributed by atoms with van der Waals surface area (Å²) in [4.78, 5) is 23.4. The van der Waals surface area contributed by atoms with Gasteiger partial charge in [-0.15, -0.1) is 0 Å². The fraction of sp³-hybridized carbons (Fsp3) is 0.320. The molecule has 172 valence electrons. The minimum Gasteiger partial charge on any atom is -0.439 e. The Morgan fingerprint density at radius 2 is 1.91 bits per heavy atom. The first-order valence-corrected chi connectivity index (χ1v) is 11.2. The van der Waals surface area contributed by atoms with Gasteiger partial charge in [-0.05, 0) is 48.6 Å². The number of nitrogens with zero attached hydrogens (tertiary/aromatic N) is 3. The quantitative estimate of drug-likeness (QED) is 0.549. The number of carbonyl (C=O) groups excluding carboxylic acids is 1. The molecule has 0 aliphatic carbocycles. The Hall–Kier alpha value is -3.68. The lowest BCUT2D eigenvalue weighted by Gasteiger charge is -2.31. The highest BCUT2D eigenvalue weighted by atomic mass is 19.1. The average Bonchev–Trinajstić information content (AvgIpc) is 2.83. The van der Waals surface area contributed by atoms with Gasteiger partial charge in [0.05, 0.1) is 0 Å². The van der Waals surface area contributed by atoms with E-state index in [-0.39, 0.29) is 12.6 Å². The molecule has 8 heteroatoms. The summed E-state index contributed by atoms with van der Waals surface area (Å²) in [7, 11) is 0. The van der Waals surface area contributed by atoms with Crippen molar-refractivity contribution >= 4 is 11.8 Å². The van der Waals surface area contributed by atoms with Crippen LogP contribution in [0.2, 0.25) is 0 Å². The fourth-order valence-corrected chi connectivity index (χ4v) is 3.66. The van der Waals surface area contributed by atoms with Crippen LogP contribution in [0.5, 0.6) is 11.6 Å². The van der Waals surface area contributed by atoms with Crippen molar-refractivity contribution in [3.8, 4) is 11.6 Å². The molecule has 4 rings (SSSR count). The smallest absolute Gasteiger partial charge is 0.315 e. The monoisotopic (exact) mass is 449 g/mol. The number of hydrogen-bond donors (Lipinski definition) is 2. The summed E-state index contributed by atoms with van der Waals surface area (Å²) >= 11 is 0. The largest absolute Gasteiger partial charge is 0.439 e. The molecule has 0 saturated carbocycles. The van der Waals surface area contributed by atoms with Crippen LogP contribution in [0.25, 0.3) is 0 Å². The van der Waals surface area contributed by atoms with E-state index in [0.717, 1.165) is 30.4 Å². The van der Waals surface area contributed by atoms with Gasteiger partial charge < -0.3 is 20.3 Å². The molecule has 1 fully saturated rings. The minimum absolute atomic E-state index is 0.217. The number of nitrogens with one attached hydrogen (secondary N) is 2. The molecule has 0 unspecified atom stereocenters. The average molecular weight is 450 g/mol. The van der Waals surface area contributed by atoms with Gasteiger partial charge in [0.2, 0.25) is 5.88 Å². The first-order chi connectivity index (χ1) is 16.1. The number of ether oxygens (including phenoxy) is 1. The molecule has 1 aliphatic rings. The van der Waals surface area contributed by atoms with Gasteiger partial charge in [-0.2, -0.15) is 0 Å². The van der Waals surface area contributed by atoms with Gasteiger partial charge >= 0.3 is 6.03 Å². The predicted octanol–water partition coefficient (Wildman–Crippen LogP) is 4.64.